The fraction of sp³-hybridized carbons (Fsp3) is 0.150. The lowest BCUT2D eigenvalue weighted by molar-refractivity contribution is 0.101. The first kappa shape index (κ1) is 20.6. The highest BCUT2D eigenvalue weighted by atomic mass is 79.9. The third-order valence-electron chi connectivity index (χ3n) is 4.83. The fourth-order valence-electron chi connectivity index (χ4n) is 3.47. The number of H-pyrrole nitrogens is 1. The molecule has 2 aromatic heterocycles. The molecule has 0 radical (unpaired) electrons. The fourth-order valence-corrected chi connectivity index (χ4v) is 4.20. The van der Waals surface area contributed by atoms with Gasteiger partial charge in [-0.15, -0.1) is 0 Å². The summed E-state index contributed by atoms with van der Waals surface area (Å²) in [4.78, 5) is 12.5. The third-order valence-corrected chi connectivity index (χ3v) is 5.99. The number of benzene rings is 2. The number of nitrogens with one attached hydrogen (secondary N) is 1. The number of fused-ring (bicyclic) bond motifs is 1. The summed E-state index contributed by atoms with van der Waals surface area (Å²) in [7, 11) is 0. The third kappa shape index (κ3) is 3.53. The first-order chi connectivity index (χ1) is 14.3. The summed E-state index contributed by atoms with van der Waals surface area (Å²) in [5.74, 6) is 6.82. The Morgan fingerprint density at radius 1 is 1.33 bits per heavy atom. The Balaban J connectivity index is 1.84. The van der Waals surface area contributed by atoms with Gasteiger partial charge in [0.25, 0.3) is 0 Å². The Morgan fingerprint density at radius 2 is 2.03 bits per heavy atom. The van der Waals surface area contributed by atoms with Gasteiger partial charge in [0.15, 0.2) is 11.6 Å². The van der Waals surface area contributed by atoms with Crippen molar-refractivity contribution < 1.29 is 9.53 Å². The molecule has 0 aliphatic rings. The van der Waals surface area contributed by atoms with Crippen LogP contribution >= 0.6 is 39.7 Å². The van der Waals surface area contributed by atoms with Crippen molar-refractivity contribution in [3.63, 3.8) is 0 Å². The lowest BCUT2D eigenvalue weighted by atomic mass is 10.1. The van der Waals surface area contributed by atoms with Crippen LogP contribution in [0, 0.1) is 11.7 Å². The van der Waals surface area contributed by atoms with E-state index in [0.717, 1.165) is 26.8 Å². The van der Waals surface area contributed by atoms with E-state index in [1.807, 2.05) is 47.9 Å². The number of rotatable bonds is 5. The number of nitrogens with two attached hydrogens (primary N) is 1. The summed E-state index contributed by atoms with van der Waals surface area (Å²) in [5.41, 5.74) is 3.26. The Bertz CT molecular complexity index is 1340. The van der Waals surface area contributed by atoms with Gasteiger partial charge in [-0.05, 0) is 78.4 Å². The molecular weight excluding hydrogens is 490 g/mol. The molecule has 154 valence electrons. The summed E-state index contributed by atoms with van der Waals surface area (Å²) in [6.07, 6.45) is 0. The largest absolute Gasteiger partial charge is 0.484 e. The second-order valence-electron chi connectivity index (χ2n) is 6.73. The van der Waals surface area contributed by atoms with Gasteiger partial charge in [0.1, 0.15) is 12.4 Å². The van der Waals surface area contributed by atoms with Crippen molar-refractivity contribution in [3.05, 3.63) is 67.7 Å². The Morgan fingerprint density at radius 3 is 2.63 bits per heavy atom. The molecule has 0 saturated carbocycles. The molecule has 0 amide bonds. The summed E-state index contributed by atoms with van der Waals surface area (Å²) in [6, 6.07) is 11.3. The van der Waals surface area contributed by atoms with E-state index in [9.17, 15) is 4.79 Å². The number of hydrogen-bond acceptors (Lipinski definition) is 5. The first-order valence-electron chi connectivity index (χ1n) is 8.93. The number of halogens is 2. The zero-order chi connectivity index (χ0) is 21.6. The van der Waals surface area contributed by atoms with Crippen molar-refractivity contribution in [2.45, 2.75) is 20.5 Å². The maximum Gasteiger partial charge on any atom is 0.214 e. The molecule has 3 N–H and O–H groups in total. The number of aromatic nitrogens is 4. The monoisotopic (exact) mass is 505 g/mol. The highest BCUT2D eigenvalue weighted by Crippen LogP contribution is 2.37. The van der Waals surface area contributed by atoms with Crippen molar-refractivity contribution >= 4 is 56.4 Å². The lowest BCUT2D eigenvalue weighted by Crippen LogP contribution is -2.14. The second-order valence-corrected chi connectivity index (χ2v) is 8.41. The van der Waals surface area contributed by atoms with Gasteiger partial charge in [0.2, 0.25) is 4.77 Å². The maximum absolute atomic E-state index is 12.5. The van der Waals surface area contributed by atoms with Crippen molar-refractivity contribution in [2.24, 2.45) is 0 Å². The maximum atomic E-state index is 12.5. The quantitative estimate of drug-likeness (QED) is 0.223. The summed E-state index contributed by atoms with van der Waals surface area (Å²) in [6.45, 7) is 3.59. The Kier molecular flexibility index (Phi) is 5.44. The van der Waals surface area contributed by atoms with E-state index in [1.165, 1.54) is 4.68 Å². The van der Waals surface area contributed by atoms with Gasteiger partial charge in [-0.1, -0.05) is 11.6 Å². The van der Waals surface area contributed by atoms with Crippen LogP contribution < -0.4 is 10.6 Å². The second kappa shape index (κ2) is 7.90. The standard InChI is InChI=1S/C20H17BrClN5O2S/c1-10-19(11(2)28)14-7-17(29-9-18-24-25-20(30)27(18)23)15(21)8-16(14)26(10)13-5-3-12(22)4-6-13/h3-8H,9,23H2,1-2H3,(H,25,30). The van der Waals surface area contributed by atoms with E-state index in [1.54, 1.807) is 6.92 Å². The molecule has 0 aliphatic carbocycles. The molecule has 0 aliphatic heterocycles. The van der Waals surface area contributed by atoms with Gasteiger partial charge in [0, 0.05) is 27.4 Å². The topological polar surface area (TPSA) is 90.9 Å². The molecule has 4 aromatic rings. The summed E-state index contributed by atoms with van der Waals surface area (Å²) < 4.78 is 10.2. The molecule has 0 spiro atoms. The smallest absolute Gasteiger partial charge is 0.214 e. The van der Waals surface area contributed by atoms with Gasteiger partial charge < -0.3 is 15.1 Å². The molecule has 0 unspecified atom stereocenters. The molecule has 0 saturated heterocycles. The normalized spacial score (nSPS) is 11.2. The van der Waals surface area contributed by atoms with Crippen LogP contribution in [0.25, 0.3) is 16.6 Å². The van der Waals surface area contributed by atoms with E-state index >= 15 is 0 Å². The minimum Gasteiger partial charge on any atom is -0.484 e. The number of hydrogen-bond donors (Lipinski definition) is 2. The molecule has 2 aromatic carbocycles. The van der Waals surface area contributed by atoms with Crippen LogP contribution in [0.5, 0.6) is 5.75 Å². The zero-order valence-corrected chi connectivity index (χ0v) is 19.2. The van der Waals surface area contributed by atoms with Crippen LogP contribution in [0.2, 0.25) is 5.02 Å². The van der Waals surface area contributed by atoms with Crippen LogP contribution in [-0.2, 0) is 6.61 Å². The molecule has 0 bridgehead atoms. The molecule has 2 heterocycles. The Hall–Kier alpha value is -2.62. The summed E-state index contributed by atoms with van der Waals surface area (Å²) >= 11 is 14.6. The van der Waals surface area contributed by atoms with Crippen LogP contribution in [0.3, 0.4) is 0 Å². The number of nitrogens with zero attached hydrogens (tertiary/aromatic N) is 3. The molecule has 30 heavy (non-hydrogen) atoms. The van der Waals surface area contributed by atoms with Gasteiger partial charge >= 0.3 is 0 Å². The molecule has 10 heteroatoms. The van der Waals surface area contributed by atoms with Gasteiger partial charge in [-0.25, -0.2) is 4.68 Å². The highest BCUT2D eigenvalue weighted by molar-refractivity contribution is 9.10. The van der Waals surface area contributed by atoms with Crippen LogP contribution in [0.4, 0.5) is 0 Å². The van der Waals surface area contributed by atoms with Crippen LogP contribution in [-0.4, -0.2) is 25.2 Å². The van der Waals surface area contributed by atoms with Gasteiger partial charge in [-0.3, -0.25) is 9.89 Å². The van der Waals surface area contributed by atoms with Crippen LogP contribution in [0.15, 0.2) is 40.9 Å². The number of nitrogen functional groups attached to an aromatic ring is 1. The summed E-state index contributed by atoms with van der Waals surface area (Å²) in [5, 5.41) is 8.10. The number of Topliss-reactive ketones (excluding diaryl/α,β-unsaturated/α-hetero) is 1. The van der Waals surface area contributed by atoms with E-state index in [4.69, 9.17) is 34.4 Å². The Labute approximate surface area is 190 Å². The van der Waals surface area contributed by atoms with Crippen molar-refractivity contribution in [1.29, 1.82) is 0 Å². The predicted octanol–water partition coefficient (Wildman–Crippen LogP) is 5.10. The SMILES string of the molecule is CC(=O)c1c(C)n(-c2ccc(Cl)cc2)c2cc(Br)c(OCc3n[nH]c(=S)n3N)cc12. The zero-order valence-electron chi connectivity index (χ0n) is 16.1. The van der Waals surface area contributed by atoms with Crippen molar-refractivity contribution in [3.8, 4) is 11.4 Å². The molecular formula is C20H17BrClN5O2S. The number of carbonyl (C=O) groups excluding carboxylic acids is 1. The number of ketones is 1. The average molecular weight is 507 g/mol. The average Bonchev–Trinajstić information content (AvgIpc) is 3.16. The predicted molar refractivity (Wildman–Crippen MR) is 123 cm³/mol. The highest BCUT2D eigenvalue weighted by Gasteiger charge is 2.21. The van der Waals surface area contributed by atoms with Crippen molar-refractivity contribution in [1.82, 2.24) is 19.4 Å². The minimum atomic E-state index is -0.0265. The minimum absolute atomic E-state index is 0.0265. The van der Waals surface area contributed by atoms with Crippen molar-refractivity contribution in [2.75, 3.05) is 5.84 Å². The molecule has 4 rings (SSSR count). The van der Waals surface area contributed by atoms with E-state index in [0.29, 0.717) is 26.9 Å². The number of aromatic amines is 1. The van der Waals surface area contributed by atoms with Gasteiger partial charge in [0.05, 0.1) is 9.99 Å². The van der Waals surface area contributed by atoms with E-state index in [-0.39, 0.29) is 12.4 Å². The first-order valence-corrected chi connectivity index (χ1v) is 10.5. The number of carbonyl (C=O) groups is 1. The lowest BCUT2D eigenvalue weighted by Gasteiger charge is -2.11. The molecule has 0 atom stereocenters. The van der Waals surface area contributed by atoms with Crippen LogP contribution in [0.1, 0.15) is 28.8 Å². The molecule has 7 nitrogen and oxygen atoms in total. The van der Waals surface area contributed by atoms with E-state index in [2.05, 4.69) is 26.1 Å². The number of ether oxygens (including phenoxy) is 1. The van der Waals surface area contributed by atoms with E-state index < -0.39 is 0 Å². The van der Waals surface area contributed by atoms with Gasteiger partial charge in [-0.2, -0.15) is 5.10 Å². The molecule has 0 fully saturated rings.